The quantitative estimate of drug-likeness (QED) is 0.567. The molecule has 0 amide bonds. The molecule has 0 aliphatic carbocycles. The van der Waals surface area contributed by atoms with E-state index in [4.69, 9.17) is 14.6 Å². The third kappa shape index (κ3) is 2.49. The molecule has 0 saturated carbocycles. The number of rotatable bonds is 2. The topological polar surface area (TPSA) is 77.9 Å². The summed E-state index contributed by atoms with van der Waals surface area (Å²) in [6.07, 6.45) is 1.76. The summed E-state index contributed by atoms with van der Waals surface area (Å²) in [4.78, 5) is 4.53. The van der Waals surface area contributed by atoms with Crippen LogP contribution in [0.2, 0.25) is 0 Å². The van der Waals surface area contributed by atoms with Crippen molar-refractivity contribution >= 4 is 11.0 Å². The SMILES string of the molecule is Cc1cc(-c2c(-c3ccc(F)cc3)nn3c2OCC2(COC2)C3)c2cn[nH]c2n1. The second-order valence-corrected chi connectivity index (χ2v) is 7.92. The number of ether oxygens (including phenoxy) is 2. The van der Waals surface area contributed by atoms with Crippen molar-refractivity contribution in [3.05, 3.63) is 48.0 Å². The summed E-state index contributed by atoms with van der Waals surface area (Å²) in [6.45, 7) is 4.61. The van der Waals surface area contributed by atoms with Gasteiger partial charge in [0.2, 0.25) is 5.88 Å². The third-order valence-corrected chi connectivity index (χ3v) is 5.66. The summed E-state index contributed by atoms with van der Waals surface area (Å²) in [7, 11) is 0. The van der Waals surface area contributed by atoms with Crippen molar-refractivity contribution in [3.8, 4) is 28.3 Å². The minimum absolute atomic E-state index is 0.0184. The highest BCUT2D eigenvalue weighted by molar-refractivity contribution is 5.98. The van der Waals surface area contributed by atoms with Crippen molar-refractivity contribution in [2.45, 2.75) is 13.5 Å². The molecule has 5 heterocycles. The molecule has 1 N–H and O–H groups in total. The monoisotopic (exact) mass is 391 g/mol. The largest absolute Gasteiger partial charge is 0.477 e. The predicted octanol–water partition coefficient (Wildman–Crippen LogP) is 3.34. The first kappa shape index (κ1) is 16.7. The molecular weight excluding hydrogens is 373 g/mol. The Bertz CT molecular complexity index is 1240. The normalized spacial score (nSPS) is 17.2. The molecule has 3 aromatic heterocycles. The lowest BCUT2D eigenvalue weighted by atomic mass is 9.86. The van der Waals surface area contributed by atoms with Crippen LogP contribution < -0.4 is 4.74 Å². The fourth-order valence-corrected chi connectivity index (χ4v) is 4.17. The molecule has 6 rings (SSSR count). The molecule has 1 fully saturated rings. The molecule has 1 spiro atoms. The van der Waals surface area contributed by atoms with Gasteiger partial charge in [-0.3, -0.25) is 5.10 Å². The summed E-state index contributed by atoms with van der Waals surface area (Å²) in [5, 5.41) is 12.9. The molecule has 146 valence electrons. The molecule has 7 nitrogen and oxygen atoms in total. The lowest BCUT2D eigenvalue weighted by molar-refractivity contribution is -0.153. The van der Waals surface area contributed by atoms with E-state index >= 15 is 0 Å². The molecule has 0 atom stereocenters. The minimum atomic E-state index is -0.280. The van der Waals surface area contributed by atoms with Gasteiger partial charge in [-0.05, 0) is 37.3 Å². The maximum atomic E-state index is 13.5. The van der Waals surface area contributed by atoms with E-state index < -0.39 is 0 Å². The number of nitrogens with one attached hydrogen (secondary N) is 1. The number of benzene rings is 1. The first-order valence-electron chi connectivity index (χ1n) is 9.50. The molecule has 2 aliphatic rings. The maximum Gasteiger partial charge on any atom is 0.220 e. The lowest BCUT2D eigenvalue weighted by Gasteiger charge is -2.43. The first-order chi connectivity index (χ1) is 14.1. The van der Waals surface area contributed by atoms with Crippen LogP contribution in [0.4, 0.5) is 4.39 Å². The van der Waals surface area contributed by atoms with Crippen LogP contribution in [0.3, 0.4) is 0 Å². The van der Waals surface area contributed by atoms with E-state index in [9.17, 15) is 4.39 Å². The Morgan fingerprint density at radius 1 is 1.17 bits per heavy atom. The van der Waals surface area contributed by atoms with Gasteiger partial charge in [0.25, 0.3) is 0 Å². The van der Waals surface area contributed by atoms with Crippen molar-refractivity contribution < 1.29 is 13.9 Å². The van der Waals surface area contributed by atoms with E-state index in [1.807, 2.05) is 17.7 Å². The van der Waals surface area contributed by atoms with Crippen LogP contribution in [0.25, 0.3) is 33.4 Å². The van der Waals surface area contributed by atoms with Crippen LogP contribution in [-0.4, -0.2) is 44.8 Å². The highest BCUT2D eigenvalue weighted by atomic mass is 19.1. The number of halogens is 1. The van der Waals surface area contributed by atoms with Gasteiger partial charge in [0.1, 0.15) is 18.1 Å². The summed E-state index contributed by atoms with van der Waals surface area (Å²) in [5.41, 5.74) is 4.97. The Morgan fingerprint density at radius 3 is 2.76 bits per heavy atom. The van der Waals surface area contributed by atoms with Gasteiger partial charge in [-0.1, -0.05) is 0 Å². The van der Waals surface area contributed by atoms with Crippen molar-refractivity contribution in [3.63, 3.8) is 0 Å². The van der Waals surface area contributed by atoms with Gasteiger partial charge in [0.05, 0.1) is 36.9 Å². The van der Waals surface area contributed by atoms with Crippen molar-refractivity contribution in [1.29, 1.82) is 0 Å². The Labute approximate surface area is 165 Å². The molecule has 0 bridgehead atoms. The van der Waals surface area contributed by atoms with E-state index in [0.29, 0.717) is 25.5 Å². The van der Waals surface area contributed by atoms with E-state index in [0.717, 1.165) is 45.9 Å². The molecule has 1 aromatic carbocycles. The zero-order chi connectivity index (χ0) is 19.6. The van der Waals surface area contributed by atoms with Gasteiger partial charge in [-0.15, -0.1) is 0 Å². The van der Waals surface area contributed by atoms with E-state index in [1.54, 1.807) is 18.3 Å². The number of nitrogens with zero attached hydrogens (tertiary/aromatic N) is 4. The number of fused-ring (bicyclic) bond motifs is 2. The molecule has 0 unspecified atom stereocenters. The first-order valence-corrected chi connectivity index (χ1v) is 9.50. The van der Waals surface area contributed by atoms with Crippen LogP contribution in [0, 0.1) is 18.2 Å². The van der Waals surface area contributed by atoms with Gasteiger partial charge in [-0.2, -0.15) is 10.2 Å². The zero-order valence-electron chi connectivity index (χ0n) is 15.8. The number of H-pyrrole nitrogens is 1. The van der Waals surface area contributed by atoms with Crippen LogP contribution in [0.15, 0.2) is 36.5 Å². The predicted molar refractivity (Wildman–Crippen MR) is 104 cm³/mol. The standard InChI is InChI=1S/C21H18FN5O2/c1-12-6-15(16-7-23-25-19(16)24-12)17-18(13-2-4-14(22)5-3-13)26-27-8-21(9-28-10-21)11-29-20(17)27/h2-7H,8-11H2,1H3,(H,23,24,25). The van der Waals surface area contributed by atoms with Crippen molar-refractivity contribution in [1.82, 2.24) is 25.0 Å². The second-order valence-electron chi connectivity index (χ2n) is 7.92. The summed E-state index contributed by atoms with van der Waals surface area (Å²) < 4.78 is 27.1. The molecule has 2 aliphatic heterocycles. The Morgan fingerprint density at radius 2 is 2.00 bits per heavy atom. The van der Waals surface area contributed by atoms with Crippen LogP contribution >= 0.6 is 0 Å². The molecule has 4 aromatic rings. The number of hydrogen-bond donors (Lipinski definition) is 1. The Kier molecular flexibility index (Phi) is 3.37. The highest BCUT2D eigenvalue weighted by Crippen LogP contribution is 2.46. The van der Waals surface area contributed by atoms with Crippen molar-refractivity contribution in [2.75, 3.05) is 19.8 Å². The van der Waals surface area contributed by atoms with Gasteiger partial charge in [-0.25, -0.2) is 14.1 Å². The molecule has 0 radical (unpaired) electrons. The number of aromatic nitrogens is 5. The van der Waals surface area contributed by atoms with E-state index in [1.165, 1.54) is 12.1 Å². The fourth-order valence-electron chi connectivity index (χ4n) is 4.17. The zero-order valence-corrected chi connectivity index (χ0v) is 15.8. The number of pyridine rings is 1. The van der Waals surface area contributed by atoms with Crippen LogP contribution in [-0.2, 0) is 11.3 Å². The summed E-state index contributed by atoms with van der Waals surface area (Å²) >= 11 is 0. The van der Waals surface area contributed by atoms with Gasteiger partial charge < -0.3 is 9.47 Å². The number of aromatic amines is 1. The molecule has 8 heteroatoms. The maximum absolute atomic E-state index is 13.5. The van der Waals surface area contributed by atoms with Crippen LogP contribution in [0.1, 0.15) is 5.69 Å². The molecular formula is C21H18FN5O2. The minimum Gasteiger partial charge on any atom is -0.477 e. The number of hydrogen-bond acceptors (Lipinski definition) is 5. The van der Waals surface area contributed by atoms with Crippen molar-refractivity contribution in [2.24, 2.45) is 5.41 Å². The average Bonchev–Trinajstić information content (AvgIpc) is 3.30. The van der Waals surface area contributed by atoms with E-state index in [-0.39, 0.29) is 11.2 Å². The Balaban J connectivity index is 1.61. The molecule has 1 saturated heterocycles. The fraction of sp³-hybridized carbons (Fsp3) is 0.286. The van der Waals surface area contributed by atoms with E-state index in [2.05, 4.69) is 15.2 Å². The summed E-state index contributed by atoms with van der Waals surface area (Å²) in [6, 6.07) is 8.41. The highest BCUT2D eigenvalue weighted by Gasteiger charge is 2.45. The Hall–Kier alpha value is -3.26. The van der Waals surface area contributed by atoms with Gasteiger partial charge in [0, 0.05) is 22.2 Å². The average molecular weight is 391 g/mol. The second kappa shape index (κ2) is 5.87. The van der Waals surface area contributed by atoms with Crippen LogP contribution in [0.5, 0.6) is 5.88 Å². The van der Waals surface area contributed by atoms with Gasteiger partial charge >= 0.3 is 0 Å². The smallest absolute Gasteiger partial charge is 0.220 e. The lowest BCUT2D eigenvalue weighted by Crippen LogP contribution is -2.52. The summed E-state index contributed by atoms with van der Waals surface area (Å²) in [5.74, 6) is 0.438. The third-order valence-electron chi connectivity index (χ3n) is 5.66. The van der Waals surface area contributed by atoms with Gasteiger partial charge in [0.15, 0.2) is 5.65 Å². The number of aryl methyl sites for hydroxylation is 1. The molecule has 29 heavy (non-hydrogen) atoms.